The van der Waals surface area contributed by atoms with Gasteiger partial charge in [-0.15, -0.1) is 0 Å². The number of aliphatic hydroxyl groups excluding tert-OH is 1. The van der Waals surface area contributed by atoms with Gasteiger partial charge in [0.1, 0.15) is 29.6 Å². The fourth-order valence-corrected chi connectivity index (χ4v) is 6.62. The van der Waals surface area contributed by atoms with Gasteiger partial charge in [0.25, 0.3) is 0 Å². The molecule has 224 valence electrons. The third kappa shape index (κ3) is 6.95. The molecule has 16 heteroatoms. The van der Waals surface area contributed by atoms with E-state index >= 15 is 0 Å². The molecule has 1 aliphatic rings. The van der Waals surface area contributed by atoms with Gasteiger partial charge in [0.2, 0.25) is 11.8 Å². The fourth-order valence-electron chi connectivity index (χ4n) is 4.20. The number of imidazole rings is 1. The number of nitrogens with two attached hydrogens (primary N) is 1. The average Bonchev–Trinajstić information content (AvgIpc) is 3.41. The number of nitrogen functional groups attached to an aromatic ring is 1. The highest BCUT2D eigenvalue weighted by Crippen LogP contribution is 2.47. The summed E-state index contributed by atoms with van der Waals surface area (Å²) in [5, 5.41) is 25.3. The van der Waals surface area contributed by atoms with Gasteiger partial charge in [-0.2, -0.15) is 9.97 Å². The third-order valence-corrected chi connectivity index (χ3v) is 8.63. The van der Waals surface area contributed by atoms with Gasteiger partial charge in [0, 0.05) is 0 Å². The molecule has 1 aliphatic heterocycles. The largest absolute Gasteiger partial charge is 0.476 e. The van der Waals surface area contributed by atoms with Crippen molar-refractivity contribution in [1.29, 1.82) is 0 Å². The van der Waals surface area contributed by atoms with Crippen molar-refractivity contribution < 1.29 is 38.3 Å². The number of hydrogen-bond donors (Lipinski definition) is 4. The van der Waals surface area contributed by atoms with Crippen molar-refractivity contribution >= 4 is 41.5 Å². The van der Waals surface area contributed by atoms with Crippen molar-refractivity contribution in [2.24, 2.45) is 0 Å². The number of anilines is 1. The number of fused-ring (bicyclic) bond motifs is 1. The number of nitrogens with one attached hydrogen (secondary N) is 1. The first-order chi connectivity index (χ1) is 19.3. The van der Waals surface area contributed by atoms with Crippen LogP contribution in [-0.4, -0.2) is 78.9 Å². The predicted molar refractivity (Wildman–Crippen MR) is 153 cm³/mol. The molecule has 0 bridgehead atoms. The molecule has 14 nitrogen and oxygen atoms in total. The molecule has 1 aromatic carbocycles. The molecule has 6 atom stereocenters. The van der Waals surface area contributed by atoms with Gasteiger partial charge in [-0.1, -0.05) is 18.2 Å². The molecular weight excluding hydrogens is 575 g/mol. The predicted octanol–water partition coefficient (Wildman–Crippen LogP) is 2.07. The van der Waals surface area contributed by atoms with Crippen LogP contribution in [0.3, 0.4) is 0 Å². The van der Waals surface area contributed by atoms with E-state index in [0.717, 1.165) is 0 Å². The van der Waals surface area contributed by atoms with Crippen LogP contribution < -0.4 is 20.1 Å². The summed E-state index contributed by atoms with van der Waals surface area (Å²) in [6, 6.07) is 7.87. The molecule has 1 saturated heterocycles. The number of benzene rings is 1. The van der Waals surface area contributed by atoms with Gasteiger partial charge in [-0.25, -0.2) is 10.1 Å². The zero-order valence-electron chi connectivity index (χ0n) is 23.3. The van der Waals surface area contributed by atoms with E-state index in [4.69, 9.17) is 40.8 Å². The van der Waals surface area contributed by atoms with Crippen LogP contribution in [0.25, 0.3) is 11.2 Å². The minimum absolute atomic E-state index is 0.0595. The molecule has 3 heterocycles. The fraction of sp³-hybridized carbons (Fsp3) is 0.520. The molecule has 0 radical (unpaired) electrons. The molecule has 0 spiro atoms. The second kappa shape index (κ2) is 12.5. The topological polar surface area (TPSA) is 185 Å². The molecule has 3 aromatic rings. The number of aromatic nitrogens is 4. The van der Waals surface area contributed by atoms with E-state index in [-0.39, 0.29) is 30.2 Å². The Balaban J connectivity index is 1.56. The Kier molecular flexibility index (Phi) is 9.49. The number of ether oxygens (including phenoxy) is 3. The van der Waals surface area contributed by atoms with Crippen LogP contribution in [0.15, 0.2) is 36.7 Å². The summed E-state index contributed by atoms with van der Waals surface area (Å²) in [5.74, 6) is 0.00422. The Bertz CT molecular complexity index is 1410. The molecule has 0 saturated carbocycles. The molecule has 2 aromatic heterocycles. The second-order valence-corrected chi connectivity index (χ2v) is 13.0. The van der Waals surface area contributed by atoms with Crippen molar-refractivity contribution in [3.63, 3.8) is 0 Å². The summed E-state index contributed by atoms with van der Waals surface area (Å²) in [4.78, 5) is 25.1. The van der Waals surface area contributed by atoms with Crippen molar-refractivity contribution in [2.75, 3.05) is 18.9 Å². The van der Waals surface area contributed by atoms with Crippen molar-refractivity contribution in [1.82, 2.24) is 24.6 Å². The maximum atomic E-state index is 12.5. The monoisotopic (exact) mass is 610 g/mol. The Labute approximate surface area is 242 Å². The average molecular weight is 611 g/mol. The number of para-hydroxylation sites is 1. The lowest BCUT2D eigenvalue weighted by atomic mass is 9.96. The highest BCUT2D eigenvalue weighted by molar-refractivity contribution is 8.09. The number of aliphatic hydroxyl groups is 2. The van der Waals surface area contributed by atoms with Gasteiger partial charge in [0.15, 0.2) is 17.4 Å². The van der Waals surface area contributed by atoms with E-state index in [1.54, 1.807) is 52.0 Å². The van der Waals surface area contributed by atoms with Crippen LogP contribution in [0.1, 0.15) is 40.8 Å². The third-order valence-electron chi connectivity index (χ3n) is 6.13. The summed E-state index contributed by atoms with van der Waals surface area (Å²) < 4.78 is 30.4. The number of hydrogen-bond acceptors (Lipinski definition) is 13. The van der Waals surface area contributed by atoms with Crippen LogP contribution in [0.5, 0.6) is 11.6 Å². The van der Waals surface area contributed by atoms with Crippen molar-refractivity contribution in [3.8, 4) is 11.6 Å². The van der Waals surface area contributed by atoms with Gasteiger partial charge < -0.3 is 39.2 Å². The highest BCUT2D eigenvalue weighted by atomic mass is 32.5. The normalized spacial score (nSPS) is 24.7. The molecule has 41 heavy (non-hydrogen) atoms. The lowest BCUT2D eigenvalue weighted by Crippen LogP contribution is -2.44. The van der Waals surface area contributed by atoms with Gasteiger partial charge >= 0.3 is 12.6 Å². The molecule has 1 unspecified atom stereocenters. The number of carbonyl (C=O) groups excluding carboxylic acids is 1. The first kappa shape index (κ1) is 31.0. The Hall–Kier alpha value is -2.91. The Morgan fingerprint density at radius 3 is 2.66 bits per heavy atom. The van der Waals surface area contributed by atoms with E-state index in [1.807, 2.05) is 6.07 Å². The number of esters is 1. The molecular formula is C25H35N6O8PS. The lowest BCUT2D eigenvalue weighted by molar-refractivity contribution is -0.149. The zero-order valence-corrected chi connectivity index (χ0v) is 25.0. The van der Waals surface area contributed by atoms with Crippen molar-refractivity contribution in [3.05, 3.63) is 36.7 Å². The van der Waals surface area contributed by atoms with Gasteiger partial charge in [-0.05, 0) is 58.6 Å². The maximum absolute atomic E-state index is 12.5. The quantitative estimate of drug-likeness (QED) is 0.172. The van der Waals surface area contributed by atoms with Crippen LogP contribution >= 0.6 is 6.64 Å². The minimum atomic E-state index is -3.42. The number of carbonyl (C=O) groups is 1. The van der Waals surface area contributed by atoms with Gasteiger partial charge in [-0.3, -0.25) is 9.36 Å². The zero-order chi connectivity index (χ0) is 29.9. The minimum Gasteiger partial charge on any atom is -0.476 e. The van der Waals surface area contributed by atoms with E-state index in [0.29, 0.717) is 17.9 Å². The summed E-state index contributed by atoms with van der Waals surface area (Å²) in [6.07, 6.45) is -2.55. The maximum Gasteiger partial charge on any atom is 0.323 e. The summed E-state index contributed by atoms with van der Waals surface area (Å²) in [5.41, 5.74) is 4.62. The first-order valence-corrected chi connectivity index (χ1v) is 15.6. The van der Waals surface area contributed by atoms with Crippen molar-refractivity contribution in [2.45, 2.75) is 70.8 Å². The van der Waals surface area contributed by atoms with Crippen LogP contribution in [0.2, 0.25) is 0 Å². The summed E-state index contributed by atoms with van der Waals surface area (Å²) in [7, 11) is 0. The SMILES string of the molecule is CCOc1nc(N)nc2c1ncn2[C@@H]1O[C@H](COP(=S)(N[C@H](C)C(=O)OC(C)C)Oc2ccccc2)[C@@H](O)[C@@]1(C)O. The summed E-state index contributed by atoms with van der Waals surface area (Å²) in [6.45, 7) is 4.89. The smallest absolute Gasteiger partial charge is 0.323 e. The second-order valence-electron chi connectivity index (χ2n) is 9.88. The highest BCUT2D eigenvalue weighted by Gasteiger charge is 2.54. The lowest BCUT2D eigenvalue weighted by Gasteiger charge is -2.28. The standard InChI is InChI=1S/C25H35N6O8PS/c1-6-35-21-18-20(28-24(26)29-21)31(13-27-18)23-25(5,34)19(32)17(38-23)12-36-40(41,39-16-10-8-7-9-11-16)30-15(4)22(33)37-14(2)3/h7-11,13-15,17,19,23,32,34H,6,12H2,1-5H3,(H,30,41)(H2,26,28,29)/t15-,17-,19-,23-,25-,40?/m1/s1. The molecule has 0 aliphatic carbocycles. The summed E-state index contributed by atoms with van der Waals surface area (Å²) >= 11 is 5.74. The van der Waals surface area contributed by atoms with E-state index in [9.17, 15) is 15.0 Å². The Morgan fingerprint density at radius 1 is 1.29 bits per heavy atom. The molecule has 0 amide bonds. The van der Waals surface area contributed by atoms with Crippen LogP contribution in [0.4, 0.5) is 5.95 Å². The van der Waals surface area contributed by atoms with E-state index in [1.165, 1.54) is 17.8 Å². The number of nitrogens with zero attached hydrogens (tertiary/aromatic N) is 4. The molecule has 1 fully saturated rings. The Morgan fingerprint density at radius 2 is 2.00 bits per heavy atom. The van der Waals surface area contributed by atoms with Gasteiger partial charge in [0.05, 0.1) is 25.6 Å². The van der Waals surface area contributed by atoms with E-state index in [2.05, 4.69) is 20.0 Å². The first-order valence-electron chi connectivity index (χ1n) is 13.0. The van der Waals surface area contributed by atoms with Crippen LogP contribution in [-0.2, 0) is 30.6 Å². The van der Waals surface area contributed by atoms with E-state index < -0.39 is 42.7 Å². The molecule has 4 rings (SSSR count). The number of rotatable bonds is 12. The molecule has 5 N–H and O–H groups in total. The van der Waals surface area contributed by atoms with Crippen LogP contribution in [0, 0.1) is 0 Å².